The molecule has 2 aliphatic rings. The Hall–Kier alpha value is -0.370. The molecule has 0 radical (unpaired) electrons. The van der Waals surface area contributed by atoms with Crippen LogP contribution >= 0.6 is 0 Å². The highest BCUT2D eigenvalue weighted by molar-refractivity contribution is 5.81. The number of fused-ring (bicyclic) bond motifs is 1. The molecule has 2 rings (SSSR count). The van der Waals surface area contributed by atoms with Gasteiger partial charge in [-0.15, -0.1) is 0 Å². The molecule has 0 unspecified atom stereocenters. The second-order valence-electron chi connectivity index (χ2n) is 3.78. The first-order valence-electron chi connectivity index (χ1n) is 3.78. The SMILES string of the molecule is C[C@@]12CC(=O)CC[C@]1(C)O2. The molecular weight excluding hydrogens is 128 g/mol. The second-order valence-corrected chi connectivity index (χ2v) is 3.78. The Bertz CT molecular complexity index is 199. The Morgan fingerprint density at radius 2 is 2.10 bits per heavy atom. The first-order valence-corrected chi connectivity index (χ1v) is 3.78. The minimum atomic E-state index is -0.0949. The van der Waals surface area contributed by atoms with Crippen LogP contribution in [0.5, 0.6) is 0 Å². The van der Waals surface area contributed by atoms with Crippen LogP contribution < -0.4 is 0 Å². The minimum Gasteiger partial charge on any atom is -0.363 e. The summed E-state index contributed by atoms with van der Waals surface area (Å²) >= 11 is 0. The van der Waals surface area contributed by atoms with Crippen LogP contribution in [0.3, 0.4) is 0 Å². The van der Waals surface area contributed by atoms with Crippen molar-refractivity contribution in [3.05, 3.63) is 0 Å². The zero-order chi connectivity index (χ0) is 7.41. The molecule has 1 heterocycles. The maximum absolute atomic E-state index is 11.0. The van der Waals surface area contributed by atoms with E-state index in [0.717, 1.165) is 6.42 Å². The van der Waals surface area contributed by atoms with Crippen molar-refractivity contribution in [2.24, 2.45) is 0 Å². The van der Waals surface area contributed by atoms with Crippen molar-refractivity contribution in [3.63, 3.8) is 0 Å². The van der Waals surface area contributed by atoms with Gasteiger partial charge in [-0.1, -0.05) is 0 Å². The molecule has 0 N–H and O–H groups in total. The molecule has 0 aromatic carbocycles. The predicted molar refractivity (Wildman–Crippen MR) is 36.8 cm³/mol. The first kappa shape index (κ1) is 6.35. The lowest BCUT2D eigenvalue weighted by molar-refractivity contribution is -0.120. The molecule has 2 fully saturated rings. The molecule has 1 aliphatic heterocycles. The van der Waals surface area contributed by atoms with Crippen molar-refractivity contribution in [2.75, 3.05) is 0 Å². The van der Waals surface area contributed by atoms with Gasteiger partial charge in [-0.25, -0.2) is 0 Å². The third-order valence-corrected chi connectivity index (χ3v) is 2.94. The van der Waals surface area contributed by atoms with E-state index in [0.29, 0.717) is 18.6 Å². The largest absolute Gasteiger partial charge is 0.363 e. The predicted octanol–water partition coefficient (Wildman–Crippen LogP) is 1.29. The first-order chi connectivity index (χ1) is 4.56. The number of ether oxygens (including phenoxy) is 1. The fourth-order valence-corrected chi connectivity index (χ4v) is 1.85. The number of hydrogen-bond acceptors (Lipinski definition) is 2. The van der Waals surface area contributed by atoms with E-state index in [4.69, 9.17) is 4.74 Å². The lowest BCUT2D eigenvalue weighted by atomic mass is 9.81. The van der Waals surface area contributed by atoms with E-state index in [9.17, 15) is 4.79 Å². The molecule has 0 aromatic heterocycles. The summed E-state index contributed by atoms with van der Waals surface area (Å²) < 4.78 is 5.50. The van der Waals surface area contributed by atoms with Gasteiger partial charge in [-0.2, -0.15) is 0 Å². The molecule has 2 heteroatoms. The monoisotopic (exact) mass is 140 g/mol. The Labute approximate surface area is 60.6 Å². The fraction of sp³-hybridized carbons (Fsp3) is 0.875. The molecule has 1 saturated heterocycles. The van der Waals surface area contributed by atoms with Gasteiger partial charge in [0.25, 0.3) is 0 Å². The van der Waals surface area contributed by atoms with Gasteiger partial charge < -0.3 is 4.74 Å². The molecular formula is C8H12O2. The van der Waals surface area contributed by atoms with Gasteiger partial charge in [0.15, 0.2) is 0 Å². The Morgan fingerprint density at radius 3 is 2.60 bits per heavy atom. The quantitative estimate of drug-likeness (QED) is 0.474. The summed E-state index contributed by atoms with van der Waals surface area (Å²) in [5.41, 5.74) is -0.0523. The molecule has 0 bridgehead atoms. The van der Waals surface area contributed by atoms with Gasteiger partial charge in [0.05, 0.1) is 5.60 Å². The van der Waals surface area contributed by atoms with Gasteiger partial charge in [0, 0.05) is 12.8 Å². The summed E-state index contributed by atoms with van der Waals surface area (Å²) in [5.74, 6) is 0.359. The van der Waals surface area contributed by atoms with Crippen molar-refractivity contribution in [2.45, 2.75) is 44.3 Å². The fourth-order valence-electron chi connectivity index (χ4n) is 1.85. The van der Waals surface area contributed by atoms with Crippen LogP contribution in [0.15, 0.2) is 0 Å². The van der Waals surface area contributed by atoms with Crippen LogP contribution in [0.25, 0.3) is 0 Å². The highest BCUT2D eigenvalue weighted by atomic mass is 16.6. The molecule has 56 valence electrons. The number of rotatable bonds is 0. The van der Waals surface area contributed by atoms with Gasteiger partial charge in [-0.05, 0) is 20.3 Å². The Balaban J connectivity index is 2.19. The van der Waals surface area contributed by atoms with E-state index in [-0.39, 0.29) is 11.2 Å². The van der Waals surface area contributed by atoms with Gasteiger partial charge in [0.1, 0.15) is 11.4 Å². The summed E-state index contributed by atoms with van der Waals surface area (Å²) in [6, 6.07) is 0. The average molecular weight is 140 g/mol. The number of ketones is 1. The topological polar surface area (TPSA) is 29.6 Å². The van der Waals surface area contributed by atoms with Crippen LogP contribution in [-0.4, -0.2) is 17.0 Å². The van der Waals surface area contributed by atoms with Crippen molar-refractivity contribution in [1.29, 1.82) is 0 Å². The number of hydrogen-bond donors (Lipinski definition) is 0. The van der Waals surface area contributed by atoms with Gasteiger partial charge >= 0.3 is 0 Å². The van der Waals surface area contributed by atoms with Crippen molar-refractivity contribution in [1.82, 2.24) is 0 Å². The average Bonchev–Trinajstić information content (AvgIpc) is 2.33. The smallest absolute Gasteiger partial charge is 0.136 e. The van der Waals surface area contributed by atoms with Gasteiger partial charge in [0.2, 0.25) is 0 Å². The van der Waals surface area contributed by atoms with Crippen LogP contribution in [0.4, 0.5) is 0 Å². The number of Topliss-reactive ketones (excluding diaryl/α,β-unsaturated/α-hetero) is 1. The van der Waals surface area contributed by atoms with Crippen molar-refractivity contribution < 1.29 is 9.53 Å². The lowest BCUT2D eigenvalue weighted by Crippen LogP contribution is -2.29. The third kappa shape index (κ3) is 0.601. The normalized spacial score (nSPS) is 52.4. The standard InChI is InChI=1S/C8H12O2/c1-7-4-3-6(9)5-8(7,2)10-7/h3-5H2,1-2H3/t7-,8+/m0/s1. The summed E-state index contributed by atoms with van der Waals surface area (Å²) in [6.45, 7) is 4.13. The van der Waals surface area contributed by atoms with Gasteiger partial charge in [-0.3, -0.25) is 4.79 Å². The van der Waals surface area contributed by atoms with Crippen molar-refractivity contribution >= 4 is 5.78 Å². The molecule has 0 amide bonds. The number of epoxide rings is 1. The zero-order valence-electron chi connectivity index (χ0n) is 6.44. The maximum Gasteiger partial charge on any atom is 0.136 e. The molecule has 0 spiro atoms. The van der Waals surface area contributed by atoms with E-state index >= 15 is 0 Å². The van der Waals surface area contributed by atoms with Crippen LogP contribution in [0.1, 0.15) is 33.1 Å². The summed E-state index contributed by atoms with van der Waals surface area (Å²) in [7, 11) is 0. The van der Waals surface area contributed by atoms with Crippen molar-refractivity contribution in [3.8, 4) is 0 Å². The Kier molecular flexibility index (Phi) is 0.919. The van der Waals surface area contributed by atoms with Crippen LogP contribution in [0.2, 0.25) is 0 Å². The zero-order valence-corrected chi connectivity index (χ0v) is 6.44. The highest BCUT2D eigenvalue weighted by Crippen LogP contribution is 2.55. The molecule has 2 atom stereocenters. The molecule has 1 saturated carbocycles. The number of carbonyl (C=O) groups is 1. The summed E-state index contributed by atoms with van der Waals surface area (Å²) in [5, 5.41) is 0. The van der Waals surface area contributed by atoms with Crippen LogP contribution in [-0.2, 0) is 9.53 Å². The second kappa shape index (κ2) is 1.45. The van der Waals surface area contributed by atoms with E-state index in [2.05, 4.69) is 6.92 Å². The highest BCUT2D eigenvalue weighted by Gasteiger charge is 2.65. The third-order valence-electron chi connectivity index (χ3n) is 2.94. The van der Waals surface area contributed by atoms with E-state index in [1.807, 2.05) is 6.92 Å². The summed E-state index contributed by atoms with van der Waals surface area (Å²) in [6.07, 6.45) is 2.26. The van der Waals surface area contributed by atoms with Crippen LogP contribution in [0, 0.1) is 0 Å². The molecule has 10 heavy (non-hydrogen) atoms. The van der Waals surface area contributed by atoms with E-state index < -0.39 is 0 Å². The van der Waals surface area contributed by atoms with E-state index in [1.165, 1.54) is 0 Å². The van der Waals surface area contributed by atoms with E-state index in [1.54, 1.807) is 0 Å². The lowest BCUT2D eigenvalue weighted by Gasteiger charge is -2.16. The molecule has 0 aromatic rings. The molecule has 1 aliphatic carbocycles. The summed E-state index contributed by atoms with van der Waals surface area (Å²) in [4.78, 5) is 11.0. The number of carbonyl (C=O) groups excluding carboxylic acids is 1. The Morgan fingerprint density at radius 1 is 1.40 bits per heavy atom. The maximum atomic E-state index is 11.0. The minimum absolute atomic E-state index is 0.0426. The molecule has 2 nitrogen and oxygen atoms in total.